The van der Waals surface area contributed by atoms with E-state index in [2.05, 4.69) is 63.7 Å². The molecule has 0 saturated heterocycles. The van der Waals surface area contributed by atoms with E-state index in [0.717, 1.165) is 30.4 Å². The first-order valence-corrected chi connectivity index (χ1v) is 15.1. The van der Waals surface area contributed by atoms with Crippen LogP contribution in [-0.4, -0.2) is 47.9 Å². The smallest absolute Gasteiger partial charge is 0.337 e. The van der Waals surface area contributed by atoms with Crippen LogP contribution in [0.5, 0.6) is 5.75 Å². The van der Waals surface area contributed by atoms with Crippen molar-refractivity contribution < 1.29 is 45.7 Å². The number of benzene rings is 2. The summed E-state index contributed by atoms with van der Waals surface area (Å²) in [4.78, 5) is 22.5. The zero-order valence-electron chi connectivity index (χ0n) is 17.0. The topological polar surface area (TPSA) is 183 Å². The second-order valence-corrected chi connectivity index (χ2v) is 12.9. The van der Waals surface area contributed by atoms with Gasteiger partial charge in [0.1, 0.15) is 15.6 Å². The van der Waals surface area contributed by atoms with Crippen molar-refractivity contribution in [3.63, 3.8) is 0 Å². The van der Waals surface area contributed by atoms with Crippen molar-refractivity contribution in [1.82, 2.24) is 0 Å². The third-order valence-corrected chi connectivity index (χ3v) is 11.3. The van der Waals surface area contributed by atoms with Gasteiger partial charge in [0.25, 0.3) is 20.2 Å². The molecule has 1 aliphatic carbocycles. The average Bonchev–Trinajstić information content (AvgIpc) is 2.76. The van der Waals surface area contributed by atoms with Crippen LogP contribution in [0.25, 0.3) is 5.57 Å². The Balaban J connectivity index is 2.65. The second-order valence-electron chi connectivity index (χ2n) is 6.98. The van der Waals surface area contributed by atoms with Crippen molar-refractivity contribution in [2.45, 2.75) is 4.90 Å². The molecule has 0 unspecified atom stereocenters. The van der Waals surface area contributed by atoms with Gasteiger partial charge in [0.2, 0.25) is 0 Å². The van der Waals surface area contributed by atoms with E-state index in [9.17, 15) is 45.7 Å². The van der Waals surface area contributed by atoms with Gasteiger partial charge in [-0.15, -0.1) is 0 Å². The fraction of sp³-hybridized carbons (Fsp3) is 0. The summed E-state index contributed by atoms with van der Waals surface area (Å²) >= 11 is 13.0. The summed E-state index contributed by atoms with van der Waals surface area (Å²) in [5.74, 6) is -3.32. The molecular formula is C20H10Br4O10S2. The minimum Gasteiger partial charge on any atom is -0.506 e. The molecule has 0 fully saturated rings. The van der Waals surface area contributed by atoms with Gasteiger partial charge in [0.05, 0.1) is 5.56 Å². The van der Waals surface area contributed by atoms with Gasteiger partial charge in [-0.2, -0.15) is 16.8 Å². The van der Waals surface area contributed by atoms with Crippen LogP contribution in [0.15, 0.2) is 69.7 Å². The molecule has 0 bridgehead atoms. The first kappa shape index (κ1) is 28.9. The molecule has 4 N–H and O–H groups in total. The molecule has 0 atom stereocenters. The van der Waals surface area contributed by atoms with Crippen LogP contribution in [0.2, 0.25) is 0 Å². The number of carboxylic acids is 1. The number of carboxylic acid groups (broad SMARTS) is 1. The lowest BCUT2D eigenvalue weighted by molar-refractivity contribution is -0.110. The van der Waals surface area contributed by atoms with Crippen LogP contribution < -0.4 is 0 Å². The number of phenolic OH excluding ortho intramolecular Hbond substituents is 1. The summed E-state index contributed by atoms with van der Waals surface area (Å²) in [5, 5.41) is 20.0. The van der Waals surface area contributed by atoms with E-state index in [4.69, 9.17) is 0 Å². The molecule has 36 heavy (non-hydrogen) atoms. The van der Waals surface area contributed by atoms with Crippen LogP contribution >= 0.6 is 63.7 Å². The summed E-state index contributed by atoms with van der Waals surface area (Å²) in [7, 11) is -9.96. The fourth-order valence-corrected chi connectivity index (χ4v) is 6.96. The Kier molecular flexibility index (Phi) is 8.23. The maximum Gasteiger partial charge on any atom is 0.337 e. The molecule has 1 aliphatic rings. The minimum absolute atomic E-state index is 0.0433. The SMILES string of the molecule is O=C1C=C/C(=C(/c2ccc(O)c(S(=O)(=O)O)c2)c2c(Br)c(Br)c(Br)c(Br)c2C(=O)O)C=C1S(=O)(=O)O. The zero-order valence-corrected chi connectivity index (χ0v) is 25.0. The monoisotopic (exact) mass is 790 g/mol. The van der Waals surface area contributed by atoms with Crippen molar-refractivity contribution >= 4 is 101 Å². The van der Waals surface area contributed by atoms with E-state index in [1.54, 1.807) is 0 Å². The lowest BCUT2D eigenvalue weighted by Crippen LogP contribution is -2.14. The predicted octanol–water partition coefficient (Wildman–Crippen LogP) is 5.10. The molecule has 190 valence electrons. The quantitative estimate of drug-likeness (QED) is 0.181. The van der Waals surface area contributed by atoms with Crippen LogP contribution in [0.1, 0.15) is 21.5 Å². The van der Waals surface area contributed by atoms with Crippen molar-refractivity contribution in [2.75, 3.05) is 0 Å². The van der Waals surface area contributed by atoms with Gasteiger partial charge < -0.3 is 10.2 Å². The molecule has 10 nitrogen and oxygen atoms in total. The molecule has 0 aromatic heterocycles. The molecule has 2 aromatic rings. The molecule has 0 spiro atoms. The number of carbonyl (C=O) groups excluding carboxylic acids is 1. The fourth-order valence-electron chi connectivity index (χ4n) is 3.26. The van der Waals surface area contributed by atoms with Crippen LogP contribution in [-0.2, 0) is 25.0 Å². The van der Waals surface area contributed by atoms with Crippen LogP contribution in [0.4, 0.5) is 0 Å². The number of aromatic carboxylic acids is 1. The number of halogens is 4. The number of hydrogen-bond donors (Lipinski definition) is 4. The van der Waals surface area contributed by atoms with Gasteiger partial charge in [0.15, 0.2) is 5.78 Å². The molecule has 0 radical (unpaired) electrons. The molecule has 0 amide bonds. The Morgan fingerprint density at radius 2 is 1.36 bits per heavy atom. The average molecular weight is 794 g/mol. The molecule has 3 rings (SSSR count). The highest BCUT2D eigenvalue weighted by Crippen LogP contribution is 2.47. The van der Waals surface area contributed by atoms with Crippen LogP contribution in [0, 0.1) is 0 Å². The lowest BCUT2D eigenvalue weighted by atomic mass is 9.88. The zero-order chi connectivity index (χ0) is 27.3. The van der Waals surface area contributed by atoms with Crippen LogP contribution in [0.3, 0.4) is 0 Å². The van der Waals surface area contributed by atoms with E-state index < -0.39 is 47.5 Å². The van der Waals surface area contributed by atoms with Gasteiger partial charge in [0, 0.05) is 23.5 Å². The number of carbonyl (C=O) groups is 2. The van der Waals surface area contributed by atoms with Crippen molar-refractivity contribution in [3.05, 3.63) is 81.5 Å². The van der Waals surface area contributed by atoms with Crippen molar-refractivity contribution in [3.8, 4) is 5.75 Å². The van der Waals surface area contributed by atoms with E-state index in [-0.39, 0.29) is 41.3 Å². The maximum absolute atomic E-state index is 12.3. The van der Waals surface area contributed by atoms with Gasteiger partial charge in [-0.25, -0.2) is 4.79 Å². The Morgan fingerprint density at radius 1 is 0.806 bits per heavy atom. The third kappa shape index (κ3) is 5.45. The standard InChI is InChI=1S/C20H10Br4O10S2/c21-16-14(15(20(27)28)17(22)19(24)18(16)23)13(7-1-3-9(25)11(5-7)35(29,30)31)8-2-4-10(26)12(6-8)36(32,33)34/h1-6,25H,(H,27,28)(H,29,30,31)(H,32,33,34)/b13-8+. The van der Waals surface area contributed by atoms with Gasteiger partial charge in [-0.05, 0) is 105 Å². The number of allylic oxidation sites excluding steroid dienone is 5. The maximum atomic E-state index is 12.3. The van der Waals surface area contributed by atoms with Gasteiger partial charge in [-0.1, -0.05) is 12.1 Å². The second kappa shape index (κ2) is 10.2. The summed E-state index contributed by atoms with van der Waals surface area (Å²) in [6, 6.07) is 2.93. The molecule has 0 heterocycles. The summed E-state index contributed by atoms with van der Waals surface area (Å²) in [5.41, 5.74) is -0.851. The molecule has 0 saturated carbocycles. The first-order chi connectivity index (χ1) is 16.5. The summed E-state index contributed by atoms with van der Waals surface area (Å²) < 4.78 is 67.1. The van der Waals surface area contributed by atoms with E-state index in [0.29, 0.717) is 4.47 Å². The first-order valence-electron chi connectivity index (χ1n) is 9.03. The molecule has 0 aliphatic heterocycles. The number of ketones is 1. The minimum atomic E-state index is -5.01. The normalized spacial score (nSPS) is 15.6. The van der Waals surface area contributed by atoms with Crippen molar-refractivity contribution in [2.24, 2.45) is 0 Å². The largest absolute Gasteiger partial charge is 0.506 e. The van der Waals surface area contributed by atoms with Gasteiger partial charge in [-0.3, -0.25) is 13.9 Å². The number of rotatable bonds is 5. The van der Waals surface area contributed by atoms with E-state index in [1.807, 2.05) is 0 Å². The van der Waals surface area contributed by atoms with E-state index in [1.165, 1.54) is 6.07 Å². The Bertz CT molecular complexity index is 1670. The van der Waals surface area contributed by atoms with Crippen molar-refractivity contribution in [1.29, 1.82) is 0 Å². The Labute approximate surface area is 237 Å². The van der Waals surface area contributed by atoms with Gasteiger partial charge >= 0.3 is 5.97 Å². The summed E-state index contributed by atoms with van der Waals surface area (Å²) in [6.07, 6.45) is 2.74. The molecular weight excluding hydrogens is 784 g/mol. The molecule has 2 aromatic carbocycles. The number of hydrogen-bond acceptors (Lipinski definition) is 7. The van der Waals surface area contributed by atoms with E-state index >= 15 is 0 Å². The highest BCUT2D eigenvalue weighted by Gasteiger charge is 2.31. The lowest BCUT2D eigenvalue weighted by Gasteiger charge is -2.21. The predicted molar refractivity (Wildman–Crippen MR) is 142 cm³/mol. The Morgan fingerprint density at radius 3 is 1.86 bits per heavy atom. The summed E-state index contributed by atoms with van der Waals surface area (Å²) in [6.45, 7) is 0. The highest BCUT2D eigenvalue weighted by molar-refractivity contribution is 9.15. The molecule has 16 heteroatoms. The Hall–Kier alpha value is -1.66. The third-order valence-electron chi connectivity index (χ3n) is 4.77. The number of aromatic hydroxyl groups is 1. The highest BCUT2D eigenvalue weighted by atomic mass is 79.9. The number of phenols is 1.